The van der Waals surface area contributed by atoms with Crippen molar-refractivity contribution >= 4 is 17.7 Å². The van der Waals surface area contributed by atoms with Gasteiger partial charge in [-0.3, -0.25) is 4.79 Å². The number of amides is 1. The molecule has 0 saturated carbocycles. The van der Waals surface area contributed by atoms with E-state index < -0.39 is 0 Å². The van der Waals surface area contributed by atoms with Crippen LogP contribution < -0.4 is 14.8 Å². The smallest absolute Gasteiger partial charge is 0.230 e. The third kappa shape index (κ3) is 6.10. The van der Waals surface area contributed by atoms with Gasteiger partial charge in [0, 0.05) is 12.1 Å². The first-order valence-electron chi connectivity index (χ1n) is 8.49. The van der Waals surface area contributed by atoms with E-state index in [1.807, 2.05) is 44.1 Å². The molecular formula is C17H26N6O3S. The van der Waals surface area contributed by atoms with Gasteiger partial charge in [-0.05, 0) is 49.6 Å². The van der Waals surface area contributed by atoms with E-state index in [2.05, 4.69) is 20.8 Å². The number of nitrogens with one attached hydrogen (secondary N) is 1. The van der Waals surface area contributed by atoms with Gasteiger partial charge in [0.1, 0.15) is 11.5 Å². The van der Waals surface area contributed by atoms with E-state index >= 15 is 0 Å². The number of tetrazole rings is 1. The zero-order valence-electron chi connectivity index (χ0n) is 16.3. The molecule has 148 valence electrons. The summed E-state index contributed by atoms with van der Waals surface area (Å²) < 4.78 is 12.3. The predicted molar refractivity (Wildman–Crippen MR) is 103 cm³/mol. The van der Waals surface area contributed by atoms with E-state index in [1.165, 1.54) is 11.8 Å². The lowest BCUT2D eigenvalue weighted by atomic mass is 10.1. The Kier molecular flexibility index (Phi) is 7.86. The van der Waals surface area contributed by atoms with E-state index in [1.54, 1.807) is 18.9 Å². The molecule has 0 spiro atoms. The lowest BCUT2D eigenvalue weighted by Gasteiger charge is -2.18. The predicted octanol–water partition coefficient (Wildman–Crippen LogP) is 1.22. The molecule has 1 unspecified atom stereocenters. The summed E-state index contributed by atoms with van der Waals surface area (Å²) in [4.78, 5) is 14.4. The molecule has 1 N–H and O–H groups in total. The quantitative estimate of drug-likeness (QED) is 0.601. The van der Waals surface area contributed by atoms with Crippen LogP contribution >= 0.6 is 11.8 Å². The maximum absolute atomic E-state index is 12.4. The Hall–Kier alpha value is -2.33. The van der Waals surface area contributed by atoms with Crippen LogP contribution in [0.4, 0.5) is 0 Å². The minimum absolute atomic E-state index is 0.112. The van der Waals surface area contributed by atoms with E-state index in [-0.39, 0.29) is 17.7 Å². The molecule has 1 atom stereocenters. The van der Waals surface area contributed by atoms with E-state index in [4.69, 9.17) is 9.47 Å². The number of nitrogens with zero attached hydrogens (tertiary/aromatic N) is 5. The van der Waals surface area contributed by atoms with Crippen LogP contribution in [-0.2, 0) is 11.3 Å². The van der Waals surface area contributed by atoms with Crippen molar-refractivity contribution in [2.24, 2.45) is 0 Å². The minimum atomic E-state index is -0.229. The molecule has 1 aromatic carbocycles. The standard InChI is InChI=1S/C17H26N6O3S/c1-12(14-10-13(25-4)6-7-15(14)26-5)18-16(24)11-27-17-19-20-21-23(17)9-8-22(2)3/h6-7,10,12H,8-9,11H2,1-5H3,(H,18,24). The van der Waals surface area contributed by atoms with Crippen LogP contribution in [0.2, 0.25) is 0 Å². The maximum Gasteiger partial charge on any atom is 0.230 e. The zero-order valence-corrected chi connectivity index (χ0v) is 17.1. The fourth-order valence-electron chi connectivity index (χ4n) is 2.40. The number of carbonyl (C=O) groups excluding carboxylic acids is 1. The largest absolute Gasteiger partial charge is 0.497 e. The molecular weight excluding hydrogens is 368 g/mol. The van der Waals surface area contributed by atoms with Crippen molar-refractivity contribution in [2.45, 2.75) is 24.7 Å². The summed E-state index contributed by atoms with van der Waals surface area (Å²) in [5.41, 5.74) is 0.853. The van der Waals surface area contributed by atoms with Gasteiger partial charge >= 0.3 is 0 Å². The molecule has 9 nitrogen and oxygen atoms in total. The van der Waals surface area contributed by atoms with Crippen molar-refractivity contribution in [1.29, 1.82) is 0 Å². The molecule has 0 saturated heterocycles. The highest BCUT2D eigenvalue weighted by Gasteiger charge is 2.16. The Bertz CT molecular complexity index is 752. The maximum atomic E-state index is 12.4. The number of hydrogen-bond donors (Lipinski definition) is 1. The van der Waals surface area contributed by atoms with E-state index in [0.29, 0.717) is 23.2 Å². The third-order valence-electron chi connectivity index (χ3n) is 3.87. The number of thioether (sulfide) groups is 1. The summed E-state index contributed by atoms with van der Waals surface area (Å²) in [6.07, 6.45) is 0. The second-order valence-corrected chi connectivity index (χ2v) is 7.12. The Morgan fingerprint density at radius 3 is 2.78 bits per heavy atom. The topological polar surface area (TPSA) is 94.4 Å². The summed E-state index contributed by atoms with van der Waals surface area (Å²) in [7, 11) is 7.17. The van der Waals surface area contributed by atoms with Crippen LogP contribution in [0, 0.1) is 0 Å². The number of rotatable bonds is 10. The summed E-state index contributed by atoms with van der Waals surface area (Å²) >= 11 is 1.31. The first kappa shape index (κ1) is 21.0. The molecule has 1 aromatic heterocycles. The number of aromatic nitrogens is 4. The average molecular weight is 395 g/mol. The lowest BCUT2D eigenvalue weighted by Crippen LogP contribution is -2.28. The van der Waals surface area contributed by atoms with Gasteiger partial charge in [-0.2, -0.15) is 0 Å². The van der Waals surface area contributed by atoms with Crippen molar-refractivity contribution in [3.8, 4) is 11.5 Å². The molecule has 0 aliphatic heterocycles. The van der Waals surface area contributed by atoms with Gasteiger partial charge < -0.3 is 19.7 Å². The monoisotopic (exact) mass is 394 g/mol. The molecule has 0 fully saturated rings. The van der Waals surface area contributed by atoms with Crippen LogP contribution in [0.15, 0.2) is 23.4 Å². The molecule has 2 aromatic rings. The Morgan fingerprint density at radius 1 is 1.33 bits per heavy atom. The van der Waals surface area contributed by atoms with Gasteiger partial charge in [0.25, 0.3) is 0 Å². The van der Waals surface area contributed by atoms with Crippen molar-refractivity contribution in [1.82, 2.24) is 30.4 Å². The first-order valence-corrected chi connectivity index (χ1v) is 9.48. The van der Waals surface area contributed by atoms with Crippen LogP contribution in [0.5, 0.6) is 11.5 Å². The number of likely N-dealkylation sites (N-methyl/N-ethyl adjacent to an activating group) is 1. The van der Waals surface area contributed by atoms with Gasteiger partial charge in [0.05, 0.1) is 32.6 Å². The summed E-state index contributed by atoms with van der Waals surface area (Å²) in [6.45, 7) is 3.39. The Balaban J connectivity index is 1.94. The van der Waals surface area contributed by atoms with Crippen molar-refractivity contribution in [3.05, 3.63) is 23.8 Å². The van der Waals surface area contributed by atoms with Crippen LogP contribution in [0.25, 0.3) is 0 Å². The fraction of sp³-hybridized carbons (Fsp3) is 0.529. The number of carbonyl (C=O) groups is 1. The molecule has 10 heteroatoms. The normalized spacial score (nSPS) is 12.1. The Labute approximate surface area is 163 Å². The second kappa shape index (κ2) is 10.1. The highest BCUT2D eigenvalue weighted by molar-refractivity contribution is 7.99. The van der Waals surface area contributed by atoms with E-state index in [0.717, 1.165) is 12.1 Å². The Morgan fingerprint density at radius 2 is 2.11 bits per heavy atom. The highest BCUT2D eigenvalue weighted by Crippen LogP contribution is 2.29. The number of benzene rings is 1. The summed E-state index contributed by atoms with van der Waals surface area (Å²) in [5.74, 6) is 1.52. The van der Waals surface area contributed by atoms with Gasteiger partial charge in [0.15, 0.2) is 0 Å². The van der Waals surface area contributed by atoms with Crippen molar-refractivity contribution < 1.29 is 14.3 Å². The zero-order chi connectivity index (χ0) is 19.8. The van der Waals surface area contributed by atoms with Crippen LogP contribution in [0.1, 0.15) is 18.5 Å². The van der Waals surface area contributed by atoms with Gasteiger partial charge in [-0.25, -0.2) is 4.68 Å². The van der Waals surface area contributed by atoms with Crippen molar-refractivity contribution in [3.63, 3.8) is 0 Å². The molecule has 0 radical (unpaired) electrons. The lowest BCUT2D eigenvalue weighted by molar-refractivity contribution is -0.119. The molecule has 1 amide bonds. The van der Waals surface area contributed by atoms with Crippen molar-refractivity contribution in [2.75, 3.05) is 40.6 Å². The molecule has 2 rings (SSSR count). The number of methoxy groups -OCH3 is 2. The van der Waals surface area contributed by atoms with Gasteiger partial charge in [-0.15, -0.1) is 5.10 Å². The van der Waals surface area contributed by atoms with Crippen LogP contribution in [0.3, 0.4) is 0 Å². The molecule has 27 heavy (non-hydrogen) atoms. The number of hydrogen-bond acceptors (Lipinski definition) is 8. The molecule has 0 bridgehead atoms. The molecule has 1 heterocycles. The van der Waals surface area contributed by atoms with Crippen LogP contribution in [-0.4, -0.2) is 71.6 Å². The summed E-state index contributed by atoms with van der Waals surface area (Å²) in [5, 5.41) is 15.2. The third-order valence-corrected chi connectivity index (χ3v) is 4.83. The second-order valence-electron chi connectivity index (χ2n) is 6.17. The first-order chi connectivity index (χ1) is 12.9. The van der Waals surface area contributed by atoms with Gasteiger partial charge in [-0.1, -0.05) is 11.8 Å². The molecule has 0 aliphatic carbocycles. The number of ether oxygens (including phenoxy) is 2. The SMILES string of the molecule is COc1ccc(OC)c(C(C)NC(=O)CSc2nnnn2CCN(C)C)c1. The minimum Gasteiger partial charge on any atom is -0.497 e. The fourth-order valence-corrected chi connectivity index (χ4v) is 3.12. The summed E-state index contributed by atoms with van der Waals surface area (Å²) in [6, 6.07) is 5.27. The molecule has 0 aliphatic rings. The average Bonchev–Trinajstić information content (AvgIpc) is 3.11. The van der Waals surface area contributed by atoms with Gasteiger partial charge in [0.2, 0.25) is 11.1 Å². The highest BCUT2D eigenvalue weighted by atomic mass is 32.2. The van der Waals surface area contributed by atoms with E-state index in [9.17, 15) is 4.79 Å².